The van der Waals surface area contributed by atoms with E-state index in [1.807, 2.05) is 11.8 Å². The van der Waals surface area contributed by atoms with Crippen LogP contribution < -0.4 is 5.73 Å². The molecule has 0 aromatic heterocycles. The van der Waals surface area contributed by atoms with Crippen LogP contribution in [0.2, 0.25) is 0 Å². The SMILES string of the molecule is CC1CN(C(CN)C(=O)O)CCCO1. The molecule has 1 rings (SSSR count). The van der Waals surface area contributed by atoms with Gasteiger partial charge in [0.2, 0.25) is 0 Å². The Morgan fingerprint density at radius 3 is 3.07 bits per heavy atom. The van der Waals surface area contributed by atoms with Crippen LogP contribution in [0.25, 0.3) is 0 Å². The maximum atomic E-state index is 10.9. The quantitative estimate of drug-likeness (QED) is 0.646. The lowest BCUT2D eigenvalue weighted by molar-refractivity contribution is -0.143. The normalized spacial score (nSPS) is 26.9. The molecule has 5 nitrogen and oxygen atoms in total. The molecule has 82 valence electrons. The van der Waals surface area contributed by atoms with Crippen LogP contribution in [0.4, 0.5) is 0 Å². The summed E-state index contributed by atoms with van der Waals surface area (Å²) in [5.41, 5.74) is 5.44. The van der Waals surface area contributed by atoms with Crippen LogP contribution >= 0.6 is 0 Å². The van der Waals surface area contributed by atoms with Gasteiger partial charge in [0.1, 0.15) is 6.04 Å². The molecule has 0 aromatic carbocycles. The lowest BCUT2D eigenvalue weighted by Gasteiger charge is -2.27. The molecule has 0 radical (unpaired) electrons. The Labute approximate surface area is 83.8 Å². The summed E-state index contributed by atoms with van der Waals surface area (Å²) in [7, 11) is 0. The van der Waals surface area contributed by atoms with Gasteiger partial charge in [-0.3, -0.25) is 9.69 Å². The molecule has 0 amide bonds. The second-order valence-electron chi connectivity index (χ2n) is 3.62. The van der Waals surface area contributed by atoms with E-state index in [2.05, 4.69) is 0 Å². The second-order valence-corrected chi connectivity index (χ2v) is 3.62. The van der Waals surface area contributed by atoms with E-state index in [9.17, 15) is 4.79 Å². The standard InChI is InChI=1S/C9H18N2O3/c1-7-6-11(3-2-4-14-7)8(5-10)9(12)13/h7-8H,2-6,10H2,1H3,(H,12,13). The van der Waals surface area contributed by atoms with Crippen molar-refractivity contribution in [3.63, 3.8) is 0 Å². The van der Waals surface area contributed by atoms with Gasteiger partial charge >= 0.3 is 5.97 Å². The fourth-order valence-electron chi connectivity index (χ4n) is 1.72. The third-order valence-electron chi connectivity index (χ3n) is 2.43. The number of aliphatic carboxylic acids is 1. The highest BCUT2D eigenvalue weighted by atomic mass is 16.5. The topological polar surface area (TPSA) is 75.8 Å². The molecular weight excluding hydrogens is 184 g/mol. The molecule has 1 fully saturated rings. The van der Waals surface area contributed by atoms with E-state index in [-0.39, 0.29) is 12.6 Å². The number of ether oxygens (including phenoxy) is 1. The Bertz CT molecular complexity index is 198. The van der Waals surface area contributed by atoms with Crippen molar-refractivity contribution in [1.82, 2.24) is 4.90 Å². The zero-order valence-corrected chi connectivity index (χ0v) is 8.48. The van der Waals surface area contributed by atoms with Crippen molar-refractivity contribution in [3.8, 4) is 0 Å². The molecule has 1 aliphatic heterocycles. The number of rotatable bonds is 3. The Hall–Kier alpha value is -0.650. The number of nitrogens with zero attached hydrogens (tertiary/aromatic N) is 1. The van der Waals surface area contributed by atoms with Crippen LogP contribution in [-0.4, -0.2) is 54.4 Å². The fraction of sp³-hybridized carbons (Fsp3) is 0.889. The Balaban J connectivity index is 2.58. The van der Waals surface area contributed by atoms with Crippen LogP contribution in [0.3, 0.4) is 0 Å². The molecule has 0 spiro atoms. The molecule has 0 aromatic rings. The second kappa shape index (κ2) is 5.29. The van der Waals surface area contributed by atoms with Gasteiger partial charge in [-0.1, -0.05) is 0 Å². The van der Waals surface area contributed by atoms with E-state index in [4.69, 9.17) is 15.6 Å². The smallest absolute Gasteiger partial charge is 0.322 e. The van der Waals surface area contributed by atoms with Crippen LogP contribution in [0.1, 0.15) is 13.3 Å². The highest BCUT2D eigenvalue weighted by Gasteiger charge is 2.26. The summed E-state index contributed by atoms with van der Waals surface area (Å²) in [6.07, 6.45) is 0.958. The molecule has 5 heteroatoms. The highest BCUT2D eigenvalue weighted by Crippen LogP contribution is 2.08. The first kappa shape index (κ1) is 11.4. The van der Waals surface area contributed by atoms with E-state index in [0.29, 0.717) is 13.2 Å². The summed E-state index contributed by atoms with van der Waals surface area (Å²) in [5.74, 6) is -0.846. The first-order chi connectivity index (χ1) is 6.65. The Morgan fingerprint density at radius 2 is 2.50 bits per heavy atom. The van der Waals surface area contributed by atoms with Crippen molar-refractivity contribution in [2.24, 2.45) is 5.73 Å². The average molecular weight is 202 g/mol. The maximum Gasteiger partial charge on any atom is 0.322 e. The largest absolute Gasteiger partial charge is 0.480 e. The first-order valence-corrected chi connectivity index (χ1v) is 4.93. The number of hydrogen-bond donors (Lipinski definition) is 2. The molecule has 1 aliphatic rings. The van der Waals surface area contributed by atoms with E-state index < -0.39 is 12.0 Å². The zero-order valence-electron chi connectivity index (χ0n) is 8.48. The van der Waals surface area contributed by atoms with Crippen molar-refractivity contribution < 1.29 is 14.6 Å². The van der Waals surface area contributed by atoms with Gasteiger partial charge in [0.05, 0.1) is 6.10 Å². The van der Waals surface area contributed by atoms with Gasteiger partial charge in [0.25, 0.3) is 0 Å². The van der Waals surface area contributed by atoms with Gasteiger partial charge in [-0.15, -0.1) is 0 Å². The summed E-state index contributed by atoms with van der Waals surface area (Å²) in [5, 5.41) is 8.94. The Kier molecular flexibility index (Phi) is 4.31. The molecule has 0 saturated carbocycles. The molecule has 1 heterocycles. The minimum Gasteiger partial charge on any atom is -0.480 e. The first-order valence-electron chi connectivity index (χ1n) is 4.93. The van der Waals surface area contributed by atoms with Crippen molar-refractivity contribution in [3.05, 3.63) is 0 Å². The molecule has 1 saturated heterocycles. The third-order valence-corrected chi connectivity index (χ3v) is 2.43. The van der Waals surface area contributed by atoms with Crippen molar-refractivity contribution >= 4 is 5.97 Å². The van der Waals surface area contributed by atoms with Crippen LogP contribution in [0.15, 0.2) is 0 Å². The van der Waals surface area contributed by atoms with E-state index in [0.717, 1.165) is 13.0 Å². The molecular formula is C9H18N2O3. The molecule has 2 atom stereocenters. The maximum absolute atomic E-state index is 10.9. The minimum atomic E-state index is -0.846. The van der Waals surface area contributed by atoms with Crippen molar-refractivity contribution in [2.75, 3.05) is 26.2 Å². The van der Waals surface area contributed by atoms with Crippen molar-refractivity contribution in [2.45, 2.75) is 25.5 Å². The van der Waals surface area contributed by atoms with E-state index >= 15 is 0 Å². The summed E-state index contributed by atoms with van der Waals surface area (Å²) in [6, 6.07) is -0.570. The van der Waals surface area contributed by atoms with E-state index in [1.54, 1.807) is 0 Å². The molecule has 14 heavy (non-hydrogen) atoms. The predicted octanol–water partition coefficient (Wildman–Crippen LogP) is -0.491. The van der Waals surface area contributed by atoms with Crippen LogP contribution in [0, 0.1) is 0 Å². The van der Waals surface area contributed by atoms with Gasteiger partial charge < -0.3 is 15.6 Å². The summed E-state index contributed by atoms with van der Waals surface area (Å²) in [6.45, 7) is 4.21. The molecule has 0 bridgehead atoms. The number of carboxylic acids is 1. The summed E-state index contributed by atoms with van der Waals surface area (Å²) in [4.78, 5) is 12.8. The van der Waals surface area contributed by atoms with Crippen molar-refractivity contribution in [1.29, 1.82) is 0 Å². The number of carboxylic acid groups (broad SMARTS) is 1. The highest BCUT2D eigenvalue weighted by molar-refractivity contribution is 5.73. The van der Waals surface area contributed by atoms with Gasteiger partial charge in [-0.25, -0.2) is 0 Å². The monoisotopic (exact) mass is 202 g/mol. The van der Waals surface area contributed by atoms with Crippen LogP contribution in [0.5, 0.6) is 0 Å². The van der Waals surface area contributed by atoms with Gasteiger partial charge in [-0.05, 0) is 13.3 Å². The lowest BCUT2D eigenvalue weighted by atomic mass is 10.2. The summed E-state index contributed by atoms with van der Waals surface area (Å²) >= 11 is 0. The van der Waals surface area contributed by atoms with Gasteiger partial charge in [0.15, 0.2) is 0 Å². The van der Waals surface area contributed by atoms with E-state index in [1.165, 1.54) is 0 Å². The van der Waals surface area contributed by atoms with Gasteiger partial charge in [-0.2, -0.15) is 0 Å². The predicted molar refractivity (Wildman–Crippen MR) is 52.1 cm³/mol. The number of nitrogens with two attached hydrogens (primary N) is 1. The molecule has 0 aliphatic carbocycles. The number of carbonyl (C=O) groups is 1. The van der Waals surface area contributed by atoms with Crippen LogP contribution in [-0.2, 0) is 9.53 Å². The number of hydrogen-bond acceptors (Lipinski definition) is 4. The van der Waals surface area contributed by atoms with Gasteiger partial charge in [0, 0.05) is 26.2 Å². The zero-order chi connectivity index (χ0) is 10.6. The average Bonchev–Trinajstić information content (AvgIpc) is 2.31. The molecule has 2 unspecified atom stereocenters. The summed E-state index contributed by atoms with van der Waals surface area (Å²) < 4.78 is 5.43. The third kappa shape index (κ3) is 2.94. The molecule has 3 N–H and O–H groups in total. The Morgan fingerprint density at radius 1 is 1.79 bits per heavy atom. The minimum absolute atomic E-state index is 0.0888. The lowest BCUT2D eigenvalue weighted by Crippen LogP contribution is -2.48. The fourth-order valence-corrected chi connectivity index (χ4v) is 1.72.